The number of hydrogen-bond donors (Lipinski definition) is 2. The zero-order valence-corrected chi connectivity index (χ0v) is 13.2. The molecule has 0 unspecified atom stereocenters. The second kappa shape index (κ2) is 6.79. The lowest BCUT2D eigenvalue weighted by Gasteiger charge is -2.31. The molecule has 2 heterocycles. The van der Waals surface area contributed by atoms with E-state index < -0.39 is 0 Å². The third-order valence-corrected chi connectivity index (χ3v) is 4.43. The minimum Gasteiger partial charge on any atom is -0.367 e. The van der Waals surface area contributed by atoms with Gasteiger partial charge in [0.2, 0.25) is 0 Å². The zero-order valence-electron chi connectivity index (χ0n) is 13.2. The highest BCUT2D eigenvalue weighted by Gasteiger charge is 2.23. The molecule has 1 aliphatic rings. The Bertz CT molecular complexity index is 671. The molecule has 0 bridgehead atoms. The Morgan fingerprint density at radius 2 is 1.65 bits per heavy atom. The van der Waals surface area contributed by atoms with Crippen molar-refractivity contribution in [1.82, 2.24) is 15.2 Å². The summed E-state index contributed by atoms with van der Waals surface area (Å²) in [5, 5.41) is 3.30. The van der Waals surface area contributed by atoms with E-state index in [9.17, 15) is 9.59 Å². The molecule has 1 amide bonds. The van der Waals surface area contributed by atoms with Crippen LogP contribution in [0.2, 0.25) is 0 Å². The maximum Gasteiger partial charge on any atom is 0.253 e. The number of carbonyl (C=O) groups excluding carboxylic acids is 2. The van der Waals surface area contributed by atoms with E-state index in [1.54, 1.807) is 42.7 Å². The number of aromatic amines is 1. The predicted molar refractivity (Wildman–Crippen MR) is 88.7 cm³/mol. The molecular formula is C18H21N3O2. The van der Waals surface area contributed by atoms with E-state index in [1.165, 1.54) is 0 Å². The van der Waals surface area contributed by atoms with E-state index >= 15 is 0 Å². The lowest BCUT2D eigenvalue weighted by Crippen LogP contribution is -2.43. The van der Waals surface area contributed by atoms with Crippen LogP contribution < -0.4 is 5.32 Å². The topological polar surface area (TPSA) is 65.2 Å². The minimum absolute atomic E-state index is 0.0116. The van der Waals surface area contributed by atoms with Crippen molar-refractivity contribution in [2.45, 2.75) is 18.9 Å². The Kier molecular flexibility index (Phi) is 4.57. The predicted octanol–water partition coefficient (Wildman–Crippen LogP) is 2.07. The zero-order chi connectivity index (χ0) is 16.2. The van der Waals surface area contributed by atoms with Crippen LogP contribution in [0.3, 0.4) is 0 Å². The van der Waals surface area contributed by atoms with Gasteiger partial charge in [-0.05, 0) is 44.1 Å². The van der Waals surface area contributed by atoms with E-state index in [1.807, 2.05) is 11.9 Å². The van der Waals surface area contributed by atoms with Gasteiger partial charge < -0.3 is 15.2 Å². The summed E-state index contributed by atoms with van der Waals surface area (Å²) in [6.07, 6.45) is 5.35. The van der Waals surface area contributed by atoms with Gasteiger partial charge in [-0.1, -0.05) is 12.1 Å². The molecule has 1 aliphatic heterocycles. The van der Waals surface area contributed by atoms with Gasteiger partial charge >= 0.3 is 0 Å². The maximum absolute atomic E-state index is 12.6. The molecule has 3 rings (SSSR count). The molecule has 5 nitrogen and oxygen atoms in total. The largest absolute Gasteiger partial charge is 0.367 e. The SMILES string of the molecule is CN(C(=O)c1ccc(C(=O)c2cc[nH]c2)cc1)C1CCNCC1. The number of amides is 1. The number of ketones is 1. The molecule has 23 heavy (non-hydrogen) atoms. The van der Waals surface area contributed by atoms with Crippen molar-refractivity contribution in [2.24, 2.45) is 0 Å². The van der Waals surface area contributed by atoms with Crippen molar-refractivity contribution in [3.63, 3.8) is 0 Å². The lowest BCUT2D eigenvalue weighted by atomic mass is 10.0. The van der Waals surface area contributed by atoms with Gasteiger partial charge in [-0.25, -0.2) is 0 Å². The summed E-state index contributed by atoms with van der Waals surface area (Å²) in [6, 6.07) is 8.94. The van der Waals surface area contributed by atoms with Crippen molar-refractivity contribution in [3.8, 4) is 0 Å². The number of rotatable bonds is 4. The van der Waals surface area contributed by atoms with Crippen molar-refractivity contribution in [1.29, 1.82) is 0 Å². The number of nitrogens with one attached hydrogen (secondary N) is 2. The van der Waals surface area contributed by atoms with Crippen LogP contribution in [0.5, 0.6) is 0 Å². The van der Waals surface area contributed by atoms with Crippen LogP contribution in [0.15, 0.2) is 42.7 Å². The van der Waals surface area contributed by atoms with Gasteiger partial charge in [0, 0.05) is 42.2 Å². The Balaban J connectivity index is 1.71. The summed E-state index contributed by atoms with van der Waals surface area (Å²) >= 11 is 0. The third-order valence-electron chi connectivity index (χ3n) is 4.43. The summed E-state index contributed by atoms with van der Waals surface area (Å²) in [4.78, 5) is 29.5. The number of nitrogens with zero attached hydrogens (tertiary/aromatic N) is 1. The molecule has 0 saturated carbocycles. The fourth-order valence-electron chi connectivity index (χ4n) is 2.96. The number of H-pyrrole nitrogens is 1. The van der Waals surface area contributed by atoms with Crippen LogP contribution in [0, 0.1) is 0 Å². The van der Waals surface area contributed by atoms with E-state index in [0.717, 1.165) is 25.9 Å². The van der Waals surface area contributed by atoms with Crippen LogP contribution in [-0.2, 0) is 0 Å². The van der Waals surface area contributed by atoms with Crippen LogP contribution in [0.25, 0.3) is 0 Å². The molecule has 0 atom stereocenters. The van der Waals surface area contributed by atoms with Gasteiger partial charge in [-0.15, -0.1) is 0 Å². The normalized spacial score (nSPS) is 15.3. The highest BCUT2D eigenvalue weighted by Crippen LogP contribution is 2.16. The number of aromatic nitrogens is 1. The van der Waals surface area contributed by atoms with Gasteiger partial charge in [-0.2, -0.15) is 0 Å². The molecule has 2 aromatic rings. The summed E-state index contributed by atoms with van der Waals surface area (Å²) < 4.78 is 0. The first-order chi connectivity index (χ1) is 11.2. The Hall–Kier alpha value is -2.40. The van der Waals surface area contributed by atoms with E-state index in [0.29, 0.717) is 16.7 Å². The second-order valence-corrected chi connectivity index (χ2v) is 5.90. The molecule has 1 fully saturated rings. The van der Waals surface area contributed by atoms with Gasteiger partial charge in [0.05, 0.1) is 0 Å². The van der Waals surface area contributed by atoms with Crippen molar-refractivity contribution < 1.29 is 9.59 Å². The standard InChI is InChI=1S/C18H21N3O2/c1-21(16-7-10-19-11-8-16)18(23)14-4-2-13(3-5-14)17(22)15-6-9-20-12-15/h2-6,9,12,16,19-20H,7-8,10-11H2,1H3. The molecule has 5 heteroatoms. The molecule has 0 radical (unpaired) electrons. The average Bonchev–Trinajstić information content (AvgIpc) is 3.15. The fourth-order valence-corrected chi connectivity index (χ4v) is 2.96. The maximum atomic E-state index is 12.6. The van der Waals surface area contributed by atoms with Crippen molar-refractivity contribution >= 4 is 11.7 Å². The van der Waals surface area contributed by atoms with E-state index in [2.05, 4.69) is 10.3 Å². The van der Waals surface area contributed by atoms with E-state index in [4.69, 9.17) is 0 Å². The van der Waals surface area contributed by atoms with Crippen molar-refractivity contribution in [3.05, 3.63) is 59.4 Å². The molecule has 1 saturated heterocycles. The Labute approximate surface area is 135 Å². The van der Waals surface area contributed by atoms with Crippen LogP contribution in [0.1, 0.15) is 39.1 Å². The summed E-state index contributed by atoms with van der Waals surface area (Å²) in [5.41, 5.74) is 1.83. The molecule has 0 spiro atoms. The highest BCUT2D eigenvalue weighted by molar-refractivity contribution is 6.09. The molecule has 120 valence electrons. The van der Waals surface area contributed by atoms with E-state index in [-0.39, 0.29) is 17.7 Å². The summed E-state index contributed by atoms with van der Waals surface area (Å²) in [5.74, 6) is -0.0329. The molecule has 1 aromatic heterocycles. The minimum atomic E-state index is -0.0445. The Morgan fingerprint density at radius 3 is 2.26 bits per heavy atom. The average molecular weight is 311 g/mol. The first kappa shape index (κ1) is 15.5. The highest BCUT2D eigenvalue weighted by atomic mass is 16.2. The van der Waals surface area contributed by atoms with Crippen LogP contribution >= 0.6 is 0 Å². The molecular weight excluding hydrogens is 290 g/mol. The van der Waals surface area contributed by atoms with Gasteiger partial charge in [0.15, 0.2) is 5.78 Å². The lowest BCUT2D eigenvalue weighted by molar-refractivity contribution is 0.0703. The number of benzene rings is 1. The second-order valence-electron chi connectivity index (χ2n) is 5.90. The summed E-state index contributed by atoms with van der Waals surface area (Å²) in [7, 11) is 1.86. The Morgan fingerprint density at radius 1 is 1.00 bits per heavy atom. The van der Waals surface area contributed by atoms with Gasteiger partial charge in [0.1, 0.15) is 0 Å². The van der Waals surface area contributed by atoms with Gasteiger partial charge in [-0.3, -0.25) is 9.59 Å². The molecule has 0 aliphatic carbocycles. The first-order valence-electron chi connectivity index (χ1n) is 7.92. The quantitative estimate of drug-likeness (QED) is 0.850. The smallest absolute Gasteiger partial charge is 0.253 e. The number of carbonyl (C=O) groups is 2. The first-order valence-corrected chi connectivity index (χ1v) is 7.92. The third kappa shape index (κ3) is 3.35. The number of hydrogen-bond acceptors (Lipinski definition) is 3. The van der Waals surface area contributed by atoms with Crippen LogP contribution in [-0.4, -0.2) is 47.8 Å². The van der Waals surface area contributed by atoms with Gasteiger partial charge in [0.25, 0.3) is 5.91 Å². The fraction of sp³-hybridized carbons (Fsp3) is 0.333. The molecule has 1 aromatic carbocycles. The van der Waals surface area contributed by atoms with Crippen molar-refractivity contribution in [2.75, 3.05) is 20.1 Å². The summed E-state index contributed by atoms with van der Waals surface area (Å²) in [6.45, 7) is 1.90. The molecule has 2 N–H and O–H groups in total. The van der Waals surface area contributed by atoms with Crippen LogP contribution in [0.4, 0.5) is 0 Å². The monoisotopic (exact) mass is 311 g/mol. The number of piperidine rings is 1.